The van der Waals surface area contributed by atoms with Crippen molar-refractivity contribution in [1.82, 2.24) is 4.57 Å². The van der Waals surface area contributed by atoms with Gasteiger partial charge < -0.3 is 10.3 Å². The second-order valence-corrected chi connectivity index (χ2v) is 4.13. The molecule has 14 heavy (non-hydrogen) atoms. The van der Waals surface area contributed by atoms with E-state index in [1.807, 2.05) is 10.8 Å². The molecule has 0 unspecified atom stereocenters. The minimum atomic E-state index is -0.0795. The summed E-state index contributed by atoms with van der Waals surface area (Å²) in [6.45, 7) is 3.23. The van der Waals surface area contributed by atoms with Gasteiger partial charge in [0.15, 0.2) is 0 Å². The standard InChI is InChI=1S/C11H16N2O/c1-2-8-5-9(8)6-13-4-3-11(14)10(12)7-13/h3-4,7-9H,2,5-6,12H2,1H3/t8-,9+/m1/s1. The van der Waals surface area contributed by atoms with E-state index >= 15 is 0 Å². The van der Waals surface area contributed by atoms with Gasteiger partial charge in [-0.05, 0) is 18.3 Å². The number of aromatic nitrogens is 1. The summed E-state index contributed by atoms with van der Waals surface area (Å²) < 4.78 is 2.02. The topological polar surface area (TPSA) is 48.0 Å². The highest BCUT2D eigenvalue weighted by Crippen LogP contribution is 2.41. The van der Waals surface area contributed by atoms with E-state index in [1.54, 1.807) is 12.3 Å². The zero-order valence-electron chi connectivity index (χ0n) is 8.44. The van der Waals surface area contributed by atoms with E-state index in [4.69, 9.17) is 5.73 Å². The van der Waals surface area contributed by atoms with Gasteiger partial charge in [0.1, 0.15) is 0 Å². The van der Waals surface area contributed by atoms with Gasteiger partial charge in [-0.15, -0.1) is 0 Å². The zero-order valence-corrected chi connectivity index (χ0v) is 8.44. The number of pyridine rings is 1. The normalized spacial score (nSPS) is 24.9. The molecule has 1 aromatic heterocycles. The van der Waals surface area contributed by atoms with Crippen molar-refractivity contribution in [2.45, 2.75) is 26.3 Å². The summed E-state index contributed by atoms with van der Waals surface area (Å²) >= 11 is 0. The molecule has 1 aromatic rings. The molecular weight excluding hydrogens is 176 g/mol. The Morgan fingerprint density at radius 1 is 1.57 bits per heavy atom. The van der Waals surface area contributed by atoms with E-state index in [2.05, 4.69) is 6.92 Å². The van der Waals surface area contributed by atoms with Crippen molar-refractivity contribution >= 4 is 5.69 Å². The Kier molecular flexibility index (Phi) is 2.32. The quantitative estimate of drug-likeness (QED) is 0.788. The summed E-state index contributed by atoms with van der Waals surface area (Å²) in [7, 11) is 0. The molecule has 0 aliphatic heterocycles. The van der Waals surface area contributed by atoms with Crippen LogP contribution in [0.25, 0.3) is 0 Å². The average molecular weight is 192 g/mol. The van der Waals surface area contributed by atoms with E-state index in [0.29, 0.717) is 5.69 Å². The van der Waals surface area contributed by atoms with Crippen molar-refractivity contribution in [1.29, 1.82) is 0 Å². The first-order valence-electron chi connectivity index (χ1n) is 5.16. The van der Waals surface area contributed by atoms with E-state index in [0.717, 1.165) is 18.4 Å². The summed E-state index contributed by atoms with van der Waals surface area (Å²) in [5, 5.41) is 0. The van der Waals surface area contributed by atoms with Gasteiger partial charge in [-0.2, -0.15) is 0 Å². The molecule has 3 heteroatoms. The third-order valence-electron chi connectivity index (χ3n) is 3.05. The number of hydrogen-bond acceptors (Lipinski definition) is 2. The van der Waals surface area contributed by atoms with E-state index in [9.17, 15) is 4.79 Å². The Bertz CT molecular complexity index is 383. The van der Waals surface area contributed by atoms with Crippen LogP contribution >= 0.6 is 0 Å². The van der Waals surface area contributed by atoms with Crippen LogP contribution in [0.4, 0.5) is 5.69 Å². The first kappa shape index (κ1) is 9.31. The highest BCUT2D eigenvalue weighted by Gasteiger charge is 2.34. The number of anilines is 1. The number of nitrogens with two attached hydrogens (primary N) is 1. The fourth-order valence-corrected chi connectivity index (χ4v) is 1.96. The van der Waals surface area contributed by atoms with Crippen LogP contribution in [0.15, 0.2) is 23.3 Å². The van der Waals surface area contributed by atoms with Gasteiger partial charge in [-0.3, -0.25) is 4.79 Å². The minimum Gasteiger partial charge on any atom is -0.394 e. The van der Waals surface area contributed by atoms with Gasteiger partial charge >= 0.3 is 0 Å². The molecule has 76 valence electrons. The van der Waals surface area contributed by atoms with Crippen LogP contribution in [-0.2, 0) is 6.54 Å². The lowest BCUT2D eigenvalue weighted by atomic mass is 10.2. The largest absolute Gasteiger partial charge is 0.394 e. The second kappa shape index (κ2) is 3.48. The van der Waals surface area contributed by atoms with Crippen LogP contribution in [0.1, 0.15) is 19.8 Å². The minimum absolute atomic E-state index is 0.0795. The molecular formula is C11H16N2O. The highest BCUT2D eigenvalue weighted by molar-refractivity contribution is 5.33. The lowest BCUT2D eigenvalue weighted by molar-refractivity contribution is 0.568. The Morgan fingerprint density at radius 2 is 2.36 bits per heavy atom. The molecule has 0 bridgehead atoms. The molecule has 1 aliphatic carbocycles. The van der Waals surface area contributed by atoms with Crippen molar-refractivity contribution in [3.05, 3.63) is 28.7 Å². The molecule has 0 saturated heterocycles. The van der Waals surface area contributed by atoms with Crippen molar-refractivity contribution in [2.24, 2.45) is 11.8 Å². The molecule has 1 aliphatic rings. The van der Waals surface area contributed by atoms with Crippen molar-refractivity contribution < 1.29 is 0 Å². The monoisotopic (exact) mass is 192 g/mol. The molecule has 2 rings (SSSR count). The maximum absolute atomic E-state index is 11.1. The Morgan fingerprint density at radius 3 is 2.93 bits per heavy atom. The van der Waals surface area contributed by atoms with Crippen molar-refractivity contribution in [2.75, 3.05) is 5.73 Å². The van der Waals surface area contributed by atoms with Crippen LogP contribution < -0.4 is 11.2 Å². The van der Waals surface area contributed by atoms with E-state index < -0.39 is 0 Å². The first-order valence-corrected chi connectivity index (χ1v) is 5.16. The van der Waals surface area contributed by atoms with Crippen LogP contribution in [0.5, 0.6) is 0 Å². The number of rotatable bonds is 3. The summed E-state index contributed by atoms with van der Waals surface area (Å²) in [4.78, 5) is 11.1. The van der Waals surface area contributed by atoms with Crippen LogP contribution in [0.3, 0.4) is 0 Å². The highest BCUT2D eigenvalue weighted by atomic mass is 16.1. The molecule has 1 fully saturated rings. The van der Waals surface area contributed by atoms with Crippen molar-refractivity contribution in [3.8, 4) is 0 Å². The molecule has 0 amide bonds. The second-order valence-electron chi connectivity index (χ2n) is 4.13. The molecule has 3 nitrogen and oxygen atoms in total. The zero-order chi connectivity index (χ0) is 10.1. The molecule has 1 saturated carbocycles. The van der Waals surface area contributed by atoms with Crippen LogP contribution in [0.2, 0.25) is 0 Å². The summed E-state index contributed by atoms with van der Waals surface area (Å²) in [6.07, 6.45) is 6.15. The number of nitrogen functional groups attached to an aromatic ring is 1. The van der Waals surface area contributed by atoms with Gasteiger partial charge in [0.2, 0.25) is 5.43 Å². The number of hydrogen-bond donors (Lipinski definition) is 1. The first-order chi connectivity index (χ1) is 6.70. The number of nitrogens with zero attached hydrogens (tertiary/aromatic N) is 1. The summed E-state index contributed by atoms with van der Waals surface area (Å²) in [5.74, 6) is 1.68. The van der Waals surface area contributed by atoms with Gasteiger partial charge in [-0.1, -0.05) is 13.3 Å². The fourth-order valence-electron chi connectivity index (χ4n) is 1.96. The third kappa shape index (κ3) is 1.81. The lowest BCUT2D eigenvalue weighted by Crippen LogP contribution is -2.11. The molecule has 2 N–H and O–H groups in total. The van der Waals surface area contributed by atoms with Gasteiger partial charge in [0, 0.05) is 25.0 Å². The molecule has 2 atom stereocenters. The summed E-state index contributed by atoms with van der Waals surface area (Å²) in [5.41, 5.74) is 5.82. The van der Waals surface area contributed by atoms with Crippen LogP contribution in [-0.4, -0.2) is 4.57 Å². The molecule has 0 radical (unpaired) electrons. The Hall–Kier alpha value is -1.25. The fraction of sp³-hybridized carbons (Fsp3) is 0.545. The maximum atomic E-state index is 11.1. The third-order valence-corrected chi connectivity index (χ3v) is 3.05. The van der Waals surface area contributed by atoms with E-state index in [-0.39, 0.29) is 5.43 Å². The van der Waals surface area contributed by atoms with Gasteiger partial charge in [0.25, 0.3) is 0 Å². The lowest BCUT2D eigenvalue weighted by Gasteiger charge is -2.05. The SMILES string of the molecule is CC[C@@H]1C[C@H]1Cn1ccc(=O)c(N)c1. The summed E-state index contributed by atoms with van der Waals surface area (Å²) in [6, 6.07) is 1.54. The van der Waals surface area contributed by atoms with Crippen molar-refractivity contribution in [3.63, 3.8) is 0 Å². The predicted molar refractivity (Wildman–Crippen MR) is 57.0 cm³/mol. The Labute approximate surface area is 83.5 Å². The van der Waals surface area contributed by atoms with Gasteiger partial charge in [0.05, 0.1) is 5.69 Å². The van der Waals surface area contributed by atoms with Crippen LogP contribution in [0, 0.1) is 11.8 Å². The smallest absolute Gasteiger partial charge is 0.204 e. The molecule has 1 heterocycles. The average Bonchev–Trinajstić information content (AvgIpc) is 2.90. The molecule has 0 spiro atoms. The van der Waals surface area contributed by atoms with E-state index in [1.165, 1.54) is 12.8 Å². The maximum Gasteiger partial charge on any atom is 0.204 e. The Balaban J connectivity index is 2.04. The predicted octanol–water partition coefficient (Wildman–Crippen LogP) is 1.48. The van der Waals surface area contributed by atoms with Gasteiger partial charge in [-0.25, -0.2) is 0 Å². The molecule has 0 aromatic carbocycles.